The van der Waals surface area contributed by atoms with Crippen LogP contribution in [0, 0.1) is 11.6 Å². The summed E-state index contributed by atoms with van der Waals surface area (Å²) in [5.74, 6) is 6.07. The zero-order chi connectivity index (χ0) is 27.2. The number of anilines is 1. The lowest BCUT2D eigenvalue weighted by Crippen LogP contribution is -2.32. The van der Waals surface area contributed by atoms with Gasteiger partial charge in [-0.15, -0.1) is 0 Å². The molecular weight excluding hydrogens is 490 g/mol. The summed E-state index contributed by atoms with van der Waals surface area (Å²) in [7, 11) is 1.50. The van der Waals surface area contributed by atoms with E-state index in [2.05, 4.69) is 32.0 Å². The van der Waals surface area contributed by atoms with Crippen LogP contribution < -0.4 is 21.9 Å². The average molecular weight is 521 g/mol. The number of aliphatic imine (C=N–C) groups is 2. The molecule has 1 aliphatic carbocycles. The molecule has 0 aliphatic heterocycles. The first-order valence-corrected chi connectivity index (χ1v) is 12.2. The summed E-state index contributed by atoms with van der Waals surface area (Å²) in [6.07, 6.45) is 5.73. The molecule has 1 saturated carbocycles. The zero-order valence-corrected chi connectivity index (χ0v) is 21.0. The minimum Gasteiger partial charge on any atom is -0.397 e. The number of H-pyrrole nitrogens is 1. The van der Waals surface area contributed by atoms with Gasteiger partial charge in [-0.2, -0.15) is 0 Å². The number of carbonyl (C=O) groups is 1. The fourth-order valence-corrected chi connectivity index (χ4v) is 4.47. The van der Waals surface area contributed by atoms with Crippen LogP contribution in [-0.2, 0) is 11.3 Å². The maximum Gasteiger partial charge on any atom is 0.272 e. The molecule has 1 amide bonds. The summed E-state index contributed by atoms with van der Waals surface area (Å²) < 4.78 is 27.6. The summed E-state index contributed by atoms with van der Waals surface area (Å²) >= 11 is 0. The van der Waals surface area contributed by atoms with Crippen LogP contribution in [0.5, 0.6) is 0 Å². The van der Waals surface area contributed by atoms with E-state index in [9.17, 15) is 13.6 Å². The van der Waals surface area contributed by atoms with E-state index in [1.807, 2.05) is 0 Å². The first kappa shape index (κ1) is 26.7. The van der Waals surface area contributed by atoms with Crippen molar-refractivity contribution in [1.29, 1.82) is 0 Å². The number of rotatable bonds is 9. The van der Waals surface area contributed by atoms with Crippen LogP contribution in [0.25, 0.3) is 5.70 Å². The molecule has 1 fully saturated rings. The second kappa shape index (κ2) is 11.8. The molecule has 6 N–H and O–H groups in total. The minimum atomic E-state index is -0.548. The number of halogens is 2. The molecule has 1 aliphatic rings. The monoisotopic (exact) mass is 520 g/mol. The quantitative estimate of drug-likeness (QED) is 0.192. The fraction of sp³-hybridized carbons (Fsp3) is 0.259. The Morgan fingerprint density at radius 2 is 1.92 bits per heavy atom. The standard InChI is InChI=1S/C27H30F2N8O/c1-32-24(23-26(33-2)36-25(35-23)18-5-3-4-6-18)27(38)34-14-16-11-20(29)13-21(12-16)37(31)15-22(30)17-7-9-19(28)10-8-17/h7-13,15,18H,2-6,14,30-31H2,1H3,(H,34,38)(H,35,36)/b22-15-,32-24+. The van der Waals surface area contributed by atoms with Gasteiger partial charge in [-0.1, -0.05) is 12.8 Å². The third-order valence-corrected chi connectivity index (χ3v) is 6.42. The summed E-state index contributed by atoms with van der Waals surface area (Å²) in [5, 5.41) is 3.92. The van der Waals surface area contributed by atoms with Gasteiger partial charge in [0.1, 0.15) is 28.9 Å². The van der Waals surface area contributed by atoms with Gasteiger partial charge in [0.25, 0.3) is 5.91 Å². The number of nitrogens with one attached hydrogen (secondary N) is 2. The van der Waals surface area contributed by atoms with Gasteiger partial charge in [-0.3, -0.25) is 14.8 Å². The fourth-order valence-electron chi connectivity index (χ4n) is 4.47. The average Bonchev–Trinajstić information content (AvgIpc) is 3.58. The number of imidazole rings is 1. The van der Waals surface area contributed by atoms with Crippen LogP contribution in [0.1, 0.15) is 54.2 Å². The van der Waals surface area contributed by atoms with Gasteiger partial charge in [0.2, 0.25) is 0 Å². The minimum absolute atomic E-state index is 0.00802. The number of hydrazine groups is 1. The maximum atomic E-state index is 14.4. The molecule has 0 radical (unpaired) electrons. The highest BCUT2D eigenvalue weighted by atomic mass is 19.1. The Hall–Kier alpha value is -4.38. The van der Waals surface area contributed by atoms with Crippen molar-refractivity contribution in [1.82, 2.24) is 15.3 Å². The predicted molar refractivity (Wildman–Crippen MR) is 145 cm³/mol. The number of hydrogen-bond acceptors (Lipinski definition) is 7. The third-order valence-electron chi connectivity index (χ3n) is 6.42. The van der Waals surface area contributed by atoms with E-state index in [1.54, 1.807) is 6.07 Å². The number of amides is 1. The maximum absolute atomic E-state index is 14.4. The molecule has 1 heterocycles. The molecule has 0 bridgehead atoms. The highest BCUT2D eigenvalue weighted by Crippen LogP contribution is 2.34. The van der Waals surface area contributed by atoms with Crippen molar-refractivity contribution in [3.05, 3.63) is 82.9 Å². The molecule has 9 nitrogen and oxygen atoms in total. The molecule has 0 unspecified atom stereocenters. The SMILES string of the molecule is C=Nc1nc(C2CCCC2)[nH]c1/C(=N\C)C(=O)NCc1cc(F)cc(N(N)/C=C(\N)c2ccc(F)cc2)c1. The number of benzene rings is 2. The normalized spacial score (nSPS) is 14.5. The number of carbonyl (C=O) groups excluding carboxylic acids is 1. The van der Waals surface area contributed by atoms with Crippen LogP contribution in [0.15, 0.2) is 58.6 Å². The van der Waals surface area contributed by atoms with Gasteiger partial charge in [-0.05, 0) is 73.2 Å². The molecule has 4 rings (SSSR count). The lowest BCUT2D eigenvalue weighted by atomic mass is 10.1. The molecule has 0 saturated heterocycles. The Bertz CT molecular complexity index is 1370. The van der Waals surface area contributed by atoms with Crippen LogP contribution in [0.2, 0.25) is 0 Å². The Labute approximate surface area is 219 Å². The number of nitrogens with zero attached hydrogens (tertiary/aromatic N) is 4. The van der Waals surface area contributed by atoms with Crippen LogP contribution in [0.3, 0.4) is 0 Å². The van der Waals surface area contributed by atoms with Crippen molar-refractivity contribution in [2.75, 3.05) is 12.1 Å². The number of aromatic amines is 1. The second-order valence-corrected chi connectivity index (χ2v) is 9.03. The summed E-state index contributed by atoms with van der Waals surface area (Å²) in [5.41, 5.74) is 8.17. The van der Waals surface area contributed by atoms with Crippen LogP contribution >= 0.6 is 0 Å². The highest BCUT2D eigenvalue weighted by Gasteiger charge is 2.26. The van der Waals surface area contributed by atoms with Crippen molar-refractivity contribution in [2.45, 2.75) is 38.1 Å². The van der Waals surface area contributed by atoms with Crippen molar-refractivity contribution in [2.24, 2.45) is 21.6 Å². The molecular formula is C27H30F2N8O. The van der Waals surface area contributed by atoms with Gasteiger partial charge in [-0.25, -0.2) is 24.6 Å². The van der Waals surface area contributed by atoms with Gasteiger partial charge in [0.15, 0.2) is 5.82 Å². The smallest absolute Gasteiger partial charge is 0.272 e. The van der Waals surface area contributed by atoms with Gasteiger partial charge in [0, 0.05) is 25.7 Å². The van der Waals surface area contributed by atoms with Gasteiger partial charge in [0.05, 0.1) is 11.4 Å². The molecule has 11 heteroatoms. The Morgan fingerprint density at radius 1 is 1.21 bits per heavy atom. The van der Waals surface area contributed by atoms with Gasteiger partial charge < -0.3 is 16.0 Å². The molecule has 1 aromatic heterocycles. The van der Waals surface area contributed by atoms with Crippen LogP contribution in [-0.4, -0.2) is 35.4 Å². The van der Waals surface area contributed by atoms with Crippen molar-refractivity contribution < 1.29 is 13.6 Å². The first-order valence-electron chi connectivity index (χ1n) is 12.2. The largest absolute Gasteiger partial charge is 0.397 e. The molecule has 3 aromatic rings. The number of hydrogen-bond donors (Lipinski definition) is 4. The second-order valence-electron chi connectivity index (χ2n) is 9.03. The number of nitrogens with two attached hydrogens (primary N) is 2. The lowest BCUT2D eigenvalue weighted by Gasteiger charge is -2.17. The van der Waals surface area contributed by atoms with E-state index in [4.69, 9.17) is 11.6 Å². The third kappa shape index (κ3) is 6.12. The number of aromatic nitrogens is 2. The molecule has 38 heavy (non-hydrogen) atoms. The van der Waals surface area contributed by atoms with Crippen molar-refractivity contribution >= 4 is 35.5 Å². The van der Waals surface area contributed by atoms with E-state index in [0.29, 0.717) is 34.2 Å². The van der Waals surface area contributed by atoms with Crippen molar-refractivity contribution in [3.8, 4) is 0 Å². The Morgan fingerprint density at radius 3 is 2.58 bits per heavy atom. The lowest BCUT2D eigenvalue weighted by molar-refractivity contribution is -0.114. The van der Waals surface area contributed by atoms with E-state index < -0.39 is 17.5 Å². The molecule has 0 spiro atoms. The van der Waals surface area contributed by atoms with Gasteiger partial charge >= 0.3 is 0 Å². The van der Waals surface area contributed by atoms with Crippen molar-refractivity contribution in [3.63, 3.8) is 0 Å². The van der Waals surface area contributed by atoms with E-state index in [0.717, 1.165) is 36.5 Å². The summed E-state index contributed by atoms with van der Waals surface area (Å²) in [6.45, 7) is 3.58. The summed E-state index contributed by atoms with van der Waals surface area (Å²) in [6, 6.07) is 9.72. The molecule has 0 atom stereocenters. The van der Waals surface area contributed by atoms with E-state index in [-0.39, 0.29) is 18.0 Å². The topological polar surface area (TPSA) is 138 Å². The predicted octanol–water partition coefficient (Wildman–Crippen LogP) is 4.05. The Kier molecular flexibility index (Phi) is 8.27. The van der Waals surface area contributed by atoms with Crippen LogP contribution in [0.4, 0.5) is 20.3 Å². The highest BCUT2D eigenvalue weighted by molar-refractivity contribution is 6.45. The first-order chi connectivity index (χ1) is 18.3. The van der Waals surface area contributed by atoms with E-state index in [1.165, 1.54) is 49.6 Å². The summed E-state index contributed by atoms with van der Waals surface area (Å²) in [4.78, 5) is 28.9. The molecule has 2 aromatic carbocycles. The Balaban J connectivity index is 1.48. The zero-order valence-electron chi connectivity index (χ0n) is 21.0. The van der Waals surface area contributed by atoms with E-state index >= 15 is 0 Å². The molecule has 198 valence electrons.